The lowest BCUT2D eigenvalue weighted by Gasteiger charge is -2.14. The first kappa shape index (κ1) is 5.06. The lowest BCUT2D eigenvalue weighted by Crippen LogP contribution is -2.20. The Balaban J connectivity index is 2.12. The highest BCUT2D eigenvalue weighted by Crippen LogP contribution is 2.02. The van der Waals surface area contributed by atoms with Gasteiger partial charge < -0.3 is 9.84 Å². The Morgan fingerprint density at radius 3 is 2.86 bits per heavy atom. The van der Waals surface area contributed by atoms with Gasteiger partial charge in [-0.15, -0.1) is 0 Å². The SMILES string of the molecule is OC1[C]COCC1. The van der Waals surface area contributed by atoms with Gasteiger partial charge in [0.2, 0.25) is 0 Å². The smallest absolute Gasteiger partial charge is 0.0655 e. The Morgan fingerprint density at radius 2 is 2.57 bits per heavy atom. The van der Waals surface area contributed by atoms with Crippen molar-refractivity contribution in [3.05, 3.63) is 6.42 Å². The zero-order valence-corrected chi connectivity index (χ0v) is 4.05. The van der Waals surface area contributed by atoms with E-state index in [4.69, 9.17) is 9.84 Å². The van der Waals surface area contributed by atoms with E-state index in [9.17, 15) is 0 Å². The van der Waals surface area contributed by atoms with Gasteiger partial charge >= 0.3 is 0 Å². The van der Waals surface area contributed by atoms with Crippen molar-refractivity contribution in [1.29, 1.82) is 0 Å². The van der Waals surface area contributed by atoms with Crippen molar-refractivity contribution in [2.24, 2.45) is 0 Å². The maximum Gasteiger partial charge on any atom is 0.0655 e. The number of hydrogen-bond donors (Lipinski definition) is 1. The van der Waals surface area contributed by atoms with Crippen LogP contribution in [-0.4, -0.2) is 24.4 Å². The normalized spacial score (nSPS) is 25.3. The average Bonchev–Trinajstić information content (AvgIpc) is 1.69. The Morgan fingerprint density at radius 1 is 1.71 bits per heavy atom. The Hall–Kier alpha value is -0.0800. The molecule has 0 aliphatic carbocycles. The third kappa shape index (κ3) is 1.45. The summed E-state index contributed by atoms with van der Waals surface area (Å²) >= 11 is 0. The van der Waals surface area contributed by atoms with Crippen LogP contribution in [-0.2, 0) is 4.74 Å². The molecule has 0 aromatic rings. The highest BCUT2D eigenvalue weighted by molar-refractivity contribution is 4.77. The monoisotopic (exact) mass is 100 g/mol. The van der Waals surface area contributed by atoms with E-state index in [2.05, 4.69) is 6.42 Å². The van der Waals surface area contributed by atoms with Crippen LogP contribution in [0.3, 0.4) is 0 Å². The first-order chi connectivity index (χ1) is 3.39. The second-order valence-electron chi connectivity index (χ2n) is 1.56. The molecule has 0 aromatic carbocycles. The summed E-state index contributed by atoms with van der Waals surface area (Å²) in [5.41, 5.74) is 0. The Kier molecular flexibility index (Phi) is 1.65. The third-order valence-electron chi connectivity index (χ3n) is 0.957. The maximum atomic E-state index is 8.72. The van der Waals surface area contributed by atoms with Crippen molar-refractivity contribution in [2.75, 3.05) is 13.2 Å². The van der Waals surface area contributed by atoms with Gasteiger partial charge in [0.1, 0.15) is 0 Å². The first-order valence-corrected chi connectivity index (χ1v) is 2.39. The summed E-state index contributed by atoms with van der Waals surface area (Å²) in [7, 11) is 0. The summed E-state index contributed by atoms with van der Waals surface area (Å²) in [5.74, 6) is 0. The zero-order valence-electron chi connectivity index (χ0n) is 4.05. The second kappa shape index (κ2) is 2.28. The summed E-state index contributed by atoms with van der Waals surface area (Å²) in [4.78, 5) is 0. The minimum Gasteiger partial charge on any atom is -0.392 e. The summed E-state index contributed by atoms with van der Waals surface area (Å²) in [6, 6.07) is 0. The highest BCUT2D eigenvalue weighted by atomic mass is 16.5. The van der Waals surface area contributed by atoms with Crippen molar-refractivity contribution in [3.63, 3.8) is 0 Å². The molecular formula is C5H8O2. The van der Waals surface area contributed by atoms with E-state index in [0.717, 1.165) is 0 Å². The third-order valence-corrected chi connectivity index (χ3v) is 0.957. The molecule has 1 saturated heterocycles. The van der Waals surface area contributed by atoms with E-state index < -0.39 is 0 Å². The van der Waals surface area contributed by atoms with Crippen molar-refractivity contribution in [2.45, 2.75) is 12.5 Å². The van der Waals surface area contributed by atoms with Gasteiger partial charge in [-0.25, -0.2) is 0 Å². The minimum atomic E-state index is -0.339. The van der Waals surface area contributed by atoms with E-state index in [1.54, 1.807) is 0 Å². The van der Waals surface area contributed by atoms with Crippen LogP contribution < -0.4 is 0 Å². The molecule has 0 spiro atoms. The van der Waals surface area contributed by atoms with Crippen LogP contribution >= 0.6 is 0 Å². The molecule has 1 N–H and O–H groups in total. The molecule has 1 unspecified atom stereocenters. The molecule has 1 aliphatic rings. The molecule has 2 radical (unpaired) electrons. The topological polar surface area (TPSA) is 29.5 Å². The molecule has 2 heteroatoms. The van der Waals surface area contributed by atoms with Gasteiger partial charge in [-0.05, 0) is 6.42 Å². The van der Waals surface area contributed by atoms with Crippen LogP contribution in [0.15, 0.2) is 0 Å². The van der Waals surface area contributed by atoms with Crippen molar-refractivity contribution in [3.8, 4) is 0 Å². The van der Waals surface area contributed by atoms with Crippen molar-refractivity contribution >= 4 is 0 Å². The highest BCUT2D eigenvalue weighted by Gasteiger charge is 2.09. The molecule has 1 atom stereocenters. The molecule has 1 rings (SSSR count). The predicted molar refractivity (Wildman–Crippen MR) is 24.7 cm³/mol. The number of rotatable bonds is 0. The molecule has 1 heterocycles. The lowest BCUT2D eigenvalue weighted by molar-refractivity contribution is 0.0544. The molecule has 1 fully saturated rings. The molecule has 1 aliphatic heterocycles. The van der Waals surface area contributed by atoms with Gasteiger partial charge in [0.05, 0.1) is 12.7 Å². The van der Waals surface area contributed by atoms with Crippen LogP contribution in [0.25, 0.3) is 0 Å². The van der Waals surface area contributed by atoms with Gasteiger partial charge in [-0.3, -0.25) is 0 Å². The van der Waals surface area contributed by atoms with Crippen LogP contribution in [0.1, 0.15) is 6.42 Å². The molecule has 0 saturated carbocycles. The largest absolute Gasteiger partial charge is 0.392 e. The molecule has 0 amide bonds. The van der Waals surface area contributed by atoms with Crippen LogP contribution in [0.2, 0.25) is 0 Å². The molecule has 40 valence electrons. The number of hydrogen-bond acceptors (Lipinski definition) is 2. The first-order valence-electron chi connectivity index (χ1n) is 2.39. The quantitative estimate of drug-likeness (QED) is 0.458. The second-order valence-corrected chi connectivity index (χ2v) is 1.56. The Labute approximate surface area is 43.1 Å². The zero-order chi connectivity index (χ0) is 5.11. The number of ether oxygens (including phenoxy) is 1. The molecular weight excluding hydrogens is 92.1 g/mol. The van der Waals surface area contributed by atoms with Gasteiger partial charge in [-0.2, -0.15) is 0 Å². The summed E-state index contributed by atoms with van der Waals surface area (Å²) < 4.78 is 4.87. The molecule has 7 heavy (non-hydrogen) atoms. The van der Waals surface area contributed by atoms with Crippen LogP contribution in [0.5, 0.6) is 0 Å². The van der Waals surface area contributed by atoms with E-state index >= 15 is 0 Å². The molecule has 0 aromatic heterocycles. The molecule has 2 nitrogen and oxygen atoms in total. The van der Waals surface area contributed by atoms with Crippen LogP contribution in [0.4, 0.5) is 0 Å². The summed E-state index contributed by atoms with van der Waals surface area (Å²) in [6.45, 7) is 1.16. The van der Waals surface area contributed by atoms with Gasteiger partial charge in [0, 0.05) is 13.0 Å². The standard InChI is InChI=1S/C5H8O2/c6-5-1-3-7-4-2-5/h5-6H,1,3-4H2. The fourth-order valence-electron chi connectivity index (χ4n) is 0.524. The number of aliphatic hydroxyl groups excluding tert-OH is 1. The summed E-state index contributed by atoms with van der Waals surface area (Å²) in [5, 5.41) is 8.72. The van der Waals surface area contributed by atoms with Crippen molar-refractivity contribution < 1.29 is 9.84 Å². The fourth-order valence-corrected chi connectivity index (χ4v) is 0.524. The van der Waals surface area contributed by atoms with Gasteiger partial charge in [0.15, 0.2) is 0 Å². The van der Waals surface area contributed by atoms with E-state index in [-0.39, 0.29) is 6.10 Å². The van der Waals surface area contributed by atoms with Gasteiger partial charge in [-0.1, -0.05) is 0 Å². The van der Waals surface area contributed by atoms with Crippen LogP contribution in [0, 0.1) is 6.42 Å². The van der Waals surface area contributed by atoms with E-state index in [1.807, 2.05) is 0 Å². The lowest BCUT2D eigenvalue weighted by atomic mass is 10.2. The predicted octanol–water partition coefficient (Wildman–Crippen LogP) is -0.151. The molecule has 0 bridgehead atoms. The van der Waals surface area contributed by atoms with Gasteiger partial charge in [0.25, 0.3) is 0 Å². The van der Waals surface area contributed by atoms with Crippen molar-refractivity contribution in [1.82, 2.24) is 0 Å². The van der Waals surface area contributed by atoms with E-state index in [0.29, 0.717) is 19.6 Å². The average molecular weight is 100 g/mol. The fraction of sp³-hybridized carbons (Fsp3) is 0.800. The summed E-state index contributed by atoms with van der Waals surface area (Å²) in [6.07, 6.45) is 3.08. The van der Waals surface area contributed by atoms with E-state index in [1.165, 1.54) is 0 Å². The number of aliphatic hydroxyl groups is 1. The maximum absolute atomic E-state index is 8.72. The Bertz CT molecular complexity index is 48.0. The minimum absolute atomic E-state index is 0.339.